The second kappa shape index (κ2) is 6.01. The predicted octanol–water partition coefficient (Wildman–Crippen LogP) is 4.58. The molecular formula is C21H26N2. The van der Waals surface area contributed by atoms with Crippen LogP contribution >= 0.6 is 0 Å². The van der Waals surface area contributed by atoms with Gasteiger partial charge in [-0.3, -0.25) is 0 Å². The van der Waals surface area contributed by atoms with Crippen molar-refractivity contribution in [2.45, 2.75) is 38.6 Å². The summed E-state index contributed by atoms with van der Waals surface area (Å²) in [6.45, 7) is 3.03. The van der Waals surface area contributed by atoms with E-state index in [0.29, 0.717) is 12.0 Å². The van der Waals surface area contributed by atoms with Crippen LogP contribution in [-0.4, -0.2) is 13.1 Å². The van der Waals surface area contributed by atoms with E-state index in [-0.39, 0.29) is 0 Å². The van der Waals surface area contributed by atoms with Gasteiger partial charge in [-0.15, -0.1) is 0 Å². The number of anilines is 1. The van der Waals surface area contributed by atoms with Gasteiger partial charge in [0.1, 0.15) is 0 Å². The molecule has 0 bridgehead atoms. The van der Waals surface area contributed by atoms with Crippen LogP contribution in [-0.2, 0) is 6.54 Å². The van der Waals surface area contributed by atoms with Gasteiger partial charge in [0.15, 0.2) is 0 Å². The van der Waals surface area contributed by atoms with Crippen molar-refractivity contribution in [2.75, 3.05) is 18.0 Å². The van der Waals surface area contributed by atoms with E-state index in [2.05, 4.69) is 53.4 Å². The summed E-state index contributed by atoms with van der Waals surface area (Å²) in [5.74, 6) is 0. The molecule has 1 spiro atoms. The van der Waals surface area contributed by atoms with E-state index in [0.717, 1.165) is 0 Å². The second-order valence-corrected chi connectivity index (χ2v) is 7.30. The number of hydrogen-bond donors (Lipinski definition) is 1. The van der Waals surface area contributed by atoms with Crippen LogP contribution in [0.15, 0.2) is 48.5 Å². The Kier molecular flexibility index (Phi) is 3.86. The normalized spacial score (nSPS) is 19.6. The summed E-state index contributed by atoms with van der Waals surface area (Å²) in [7, 11) is 0. The lowest BCUT2D eigenvalue weighted by molar-refractivity contribution is 0.0955. The number of benzene rings is 2. The molecule has 2 fully saturated rings. The fourth-order valence-corrected chi connectivity index (χ4v) is 4.18. The highest BCUT2D eigenvalue weighted by Crippen LogP contribution is 2.49. The minimum Gasteiger partial charge on any atom is -0.371 e. The van der Waals surface area contributed by atoms with Crippen molar-refractivity contribution in [2.24, 2.45) is 11.1 Å². The standard InChI is InChI=1S/C21H26N2/c22-16-17-4-1-5-18(14-17)19-6-2-7-20(15-19)23-12-10-21(11-13-23)8-3-9-21/h1-2,4-7,14-15H,3,8-13,16,22H2. The molecule has 0 amide bonds. The van der Waals surface area contributed by atoms with Gasteiger partial charge in [-0.25, -0.2) is 0 Å². The van der Waals surface area contributed by atoms with Gasteiger partial charge in [-0.1, -0.05) is 36.8 Å². The van der Waals surface area contributed by atoms with E-state index in [1.54, 1.807) is 0 Å². The zero-order valence-electron chi connectivity index (χ0n) is 13.8. The number of hydrogen-bond acceptors (Lipinski definition) is 2. The minimum atomic E-state index is 0.599. The molecular weight excluding hydrogens is 280 g/mol. The highest BCUT2D eigenvalue weighted by molar-refractivity contribution is 5.69. The third-order valence-corrected chi connectivity index (χ3v) is 5.95. The van der Waals surface area contributed by atoms with Crippen molar-refractivity contribution in [3.05, 3.63) is 54.1 Å². The van der Waals surface area contributed by atoms with Crippen LogP contribution in [0, 0.1) is 5.41 Å². The van der Waals surface area contributed by atoms with Crippen LogP contribution < -0.4 is 10.6 Å². The van der Waals surface area contributed by atoms with Crippen molar-refractivity contribution in [3.8, 4) is 11.1 Å². The zero-order valence-corrected chi connectivity index (χ0v) is 13.8. The fourth-order valence-electron chi connectivity index (χ4n) is 4.18. The summed E-state index contributed by atoms with van der Waals surface area (Å²) in [4.78, 5) is 2.57. The molecule has 0 aromatic heterocycles. The van der Waals surface area contributed by atoms with E-state index < -0.39 is 0 Å². The van der Waals surface area contributed by atoms with Crippen LogP contribution in [0.3, 0.4) is 0 Å². The Bertz CT molecular complexity index is 678. The first-order valence-electron chi connectivity index (χ1n) is 8.92. The second-order valence-electron chi connectivity index (χ2n) is 7.30. The molecule has 2 nitrogen and oxygen atoms in total. The SMILES string of the molecule is NCc1cccc(-c2cccc(N3CCC4(CCC4)CC3)c2)c1. The molecule has 1 aliphatic carbocycles. The maximum absolute atomic E-state index is 5.78. The number of nitrogens with two attached hydrogens (primary N) is 1. The first-order valence-corrected chi connectivity index (χ1v) is 8.92. The molecule has 1 heterocycles. The lowest BCUT2D eigenvalue weighted by atomic mass is 9.63. The molecule has 0 atom stereocenters. The van der Waals surface area contributed by atoms with Crippen LogP contribution in [0.1, 0.15) is 37.7 Å². The molecule has 0 unspecified atom stereocenters. The fraction of sp³-hybridized carbons (Fsp3) is 0.429. The Labute approximate surface area is 139 Å². The summed E-state index contributed by atoms with van der Waals surface area (Å²) in [6.07, 6.45) is 7.13. The molecule has 1 aliphatic heterocycles. The summed E-state index contributed by atoms with van der Waals surface area (Å²) in [5, 5.41) is 0. The van der Waals surface area contributed by atoms with Crippen molar-refractivity contribution >= 4 is 5.69 Å². The lowest BCUT2D eigenvalue weighted by Crippen LogP contribution is -2.43. The molecule has 2 aliphatic rings. The molecule has 23 heavy (non-hydrogen) atoms. The van der Waals surface area contributed by atoms with Gasteiger partial charge in [-0.2, -0.15) is 0 Å². The third kappa shape index (κ3) is 2.88. The Balaban J connectivity index is 1.54. The predicted molar refractivity (Wildman–Crippen MR) is 97.5 cm³/mol. The van der Waals surface area contributed by atoms with E-state index in [4.69, 9.17) is 5.73 Å². The minimum absolute atomic E-state index is 0.599. The molecule has 120 valence electrons. The largest absolute Gasteiger partial charge is 0.371 e. The highest BCUT2D eigenvalue weighted by atomic mass is 15.1. The van der Waals surface area contributed by atoms with Gasteiger partial charge in [0.2, 0.25) is 0 Å². The number of rotatable bonds is 3. The average molecular weight is 306 g/mol. The molecule has 2 N–H and O–H groups in total. The average Bonchev–Trinajstić information content (AvgIpc) is 2.61. The Morgan fingerprint density at radius 1 is 0.870 bits per heavy atom. The quantitative estimate of drug-likeness (QED) is 0.899. The Morgan fingerprint density at radius 2 is 1.57 bits per heavy atom. The van der Waals surface area contributed by atoms with Crippen molar-refractivity contribution in [3.63, 3.8) is 0 Å². The monoisotopic (exact) mass is 306 g/mol. The molecule has 4 rings (SSSR count). The number of nitrogens with zero attached hydrogens (tertiary/aromatic N) is 1. The summed E-state index contributed by atoms with van der Waals surface area (Å²) >= 11 is 0. The van der Waals surface area contributed by atoms with Crippen LogP contribution in [0.2, 0.25) is 0 Å². The zero-order chi connectivity index (χ0) is 15.7. The first-order chi connectivity index (χ1) is 11.3. The first kappa shape index (κ1) is 14.8. The molecule has 2 aromatic rings. The molecule has 0 radical (unpaired) electrons. The number of piperidine rings is 1. The van der Waals surface area contributed by atoms with Crippen LogP contribution in [0.5, 0.6) is 0 Å². The summed E-state index contributed by atoms with van der Waals surface area (Å²) < 4.78 is 0. The molecule has 2 heteroatoms. The topological polar surface area (TPSA) is 29.3 Å². The van der Waals surface area contributed by atoms with Crippen molar-refractivity contribution < 1.29 is 0 Å². The van der Waals surface area contributed by atoms with Crippen LogP contribution in [0.4, 0.5) is 5.69 Å². The molecule has 1 saturated heterocycles. The highest BCUT2D eigenvalue weighted by Gasteiger charge is 2.39. The third-order valence-electron chi connectivity index (χ3n) is 5.95. The maximum Gasteiger partial charge on any atom is 0.0372 e. The van der Waals surface area contributed by atoms with Gasteiger partial charge in [0.25, 0.3) is 0 Å². The van der Waals surface area contributed by atoms with Crippen molar-refractivity contribution in [1.82, 2.24) is 0 Å². The van der Waals surface area contributed by atoms with Crippen molar-refractivity contribution in [1.29, 1.82) is 0 Å². The smallest absolute Gasteiger partial charge is 0.0372 e. The molecule has 2 aromatic carbocycles. The van der Waals surface area contributed by atoms with E-state index in [1.807, 2.05) is 0 Å². The summed E-state index contributed by atoms with van der Waals surface area (Å²) in [5.41, 5.74) is 11.6. The van der Waals surface area contributed by atoms with E-state index in [9.17, 15) is 0 Å². The van der Waals surface area contributed by atoms with Gasteiger partial charge >= 0.3 is 0 Å². The van der Waals surface area contributed by atoms with E-state index >= 15 is 0 Å². The van der Waals surface area contributed by atoms with Gasteiger partial charge < -0.3 is 10.6 Å². The van der Waals surface area contributed by atoms with Gasteiger partial charge in [0.05, 0.1) is 0 Å². The Hall–Kier alpha value is -1.80. The van der Waals surface area contributed by atoms with Gasteiger partial charge in [0, 0.05) is 25.3 Å². The Morgan fingerprint density at radius 3 is 2.22 bits per heavy atom. The summed E-state index contributed by atoms with van der Waals surface area (Å²) in [6, 6.07) is 17.6. The van der Waals surface area contributed by atoms with E-state index in [1.165, 1.54) is 67.6 Å². The lowest BCUT2D eigenvalue weighted by Gasteiger charge is -2.48. The van der Waals surface area contributed by atoms with Gasteiger partial charge in [-0.05, 0) is 66.0 Å². The molecule has 1 saturated carbocycles. The maximum atomic E-state index is 5.78. The van der Waals surface area contributed by atoms with Crippen LogP contribution in [0.25, 0.3) is 11.1 Å².